The molecule has 1 unspecified atom stereocenters. The minimum Gasteiger partial charge on any atom is -0.444 e. The first-order valence-corrected chi connectivity index (χ1v) is 6.13. The molecule has 3 N–H and O–H groups in total. The van der Waals surface area contributed by atoms with E-state index < -0.39 is 11.7 Å². The Kier molecular flexibility index (Phi) is 4.59. The molecule has 1 aliphatic rings. The van der Waals surface area contributed by atoms with Gasteiger partial charge in [0.25, 0.3) is 0 Å². The third-order valence-electron chi connectivity index (χ3n) is 2.84. The Morgan fingerprint density at radius 3 is 2.38 bits per heavy atom. The molecule has 1 saturated carbocycles. The minimum atomic E-state index is -0.462. The quantitative estimate of drug-likeness (QED) is 0.713. The topological polar surface area (TPSA) is 64.3 Å². The maximum atomic E-state index is 11.5. The Morgan fingerprint density at radius 2 is 1.88 bits per heavy atom. The summed E-state index contributed by atoms with van der Waals surface area (Å²) in [6, 6.07) is 0. The van der Waals surface area contributed by atoms with E-state index in [1.807, 2.05) is 20.8 Å². The number of alkyl carbamates (subject to hydrolysis) is 1. The molecule has 4 heteroatoms. The van der Waals surface area contributed by atoms with Crippen LogP contribution in [-0.2, 0) is 4.74 Å². The molecule has 94 valence electrons. The summed E-state index contributed by atoms with van der Waals surface area (Å²) in [6.07, 6.45) is 5.26. The van der Waals surface area contributed by atoms with Crippen LogP contribution in [0.1, 0.15) is 52.9 Å². The van der Waals surface area contributed by atoms with E-state index in [1.165, 1.54) is 19.3 Å². The predicted octanol–water partition coefficient (Wildman–Crippen LogP) is 2.38. The number of hydrogen-bond donors (Lipinski definition) is 2. The maximum absolute atomic E-state index is 11.5. The van der Waals surface area contributed by atoms with Gasteiger partial charge in [0.05, 0.1) is 6.17 Å². The van der Waals surface area contributed by atoms with Crippen LogP contribution in [0.2, 0.25) is 0 Å². The molecule has 1 fully saturated rings. The van der Waals surface area contributed by atoms with Crippen molar-refractivity contribution in [3.63, 3.8) is 0 Å². The number of ether oxygens (including phenoxy) is 1. The summed E-state index contributed by atoms with van der Waals surface area (Å²) in [7, 11) is 0. The van der Waals surface area contributed by atoms with Gasteiger partial charge in [0, 0.05) is 0 Å². The Bertz CT molecular complexity index is 230. The van der Waals surface area contributed by atoms with Crippen LogP contribution in [0.15, 0.2) is 0 Å². The average Bonchev–Trinajstić information content (AvgIpc) is 2.16. The van der Waals surface area contributed by atoms with Crippen LogP contribution in [0.25, 0.3) is 0 Å². The van der Waals surface area contributed by atoms with Crippen molar-refractivity contribution in [3.8, 4) is 0 Å². The Hall–Kier alpha value is -0.770. The number of rotatable bonds is 2. The maximum Gasteiger partial charge on any atom is 0.408 e. The standard InChI is InChI=1S/C12H24N2O2/c1-12(2,3)16-11(15)14-10(13)9-7-5-4-6-8-9/h9-10H,4-8,13H2,1-3H3,(H,14,15). The van der Waals surface area contributed by atoms with E-state index >= 15 is 0 Å². The lowest BCUT2D eigenvalue weighted by atomic mass is 9.87. The zero-order valence-electron chi connectivity index (χ0n) is 10.6. The summed E-state index contributed by atoms with van der Waals surface area (Å²) >= 11 is 0. The molecule has 1 aliphatic carbocycles. The number of hydrogen-bond acceptors (Lipinski definition) is 3. The molecule has 1 rings (SSSR count). The molecule has 0 saturated heterocycles. The molecule has 0 spiro atoms. The lowest BCUT2D eigenvalue weighted by Gasteiger charge is -2.29. The number of carbonyl (C=O) groups excluding carboxylic acids is 1. The first kappa shape index (κ1) is 13.3. The van der Waals surface area contributed by atoms with Gasteiger partial charge >= 0.3 is 6.09 Å². The molecular formula is C12H24N2O2. The van der Waals surface area contributed by atoms with Crippen molar-refractivity contribution in [2.75, 3.05) is 0 Å². The van der Waals surface area contributed by atoms with Crippen LogP contribution >= 0.6 is 0 Å². The SMILES string of the molecule is CC(C)(C)OC(=O)NC(N)C1CCCCC1. The molecule has 0 aromatic rings. The smallest absolute Gasteiger partial charge is 0.408 e. The molecule has 16 heavy (non-hydrogen) atoms. The summed E-state index contributed by atoms with van der Waals surface area (Å²) in [6.45, 7) is 5.54. The van der Waals surface area contributed by atoms with Crippen molar-refractivity contribution in [3.05, 3.63) is 0 Å². The van der Waals surface area contributed by atoms with Crippen molar-refractivity contribution >= 4 is 6.09 Å². The van der Waals surface area contributed by atoms with E-state index in [-0.39, 0.29) is 6.17 Å². The highest BCUT2D eigenvalue weighted by molar-refractivity contribution is 5.68. The molecule has 0 aliphatic heterocycles. The lowest BCUT2D eigenvalue weighted by molar-refractivity contribution is 0.0479. The molecule has 1 amide bonds. The van der Waals surface area contributed by atoms with Crippen LogP contribution in [-0.4, -0.2) is 17.9 Å². The highest BCUT2D eigenvalue weighted by atomic mass is 16.6. The molecule has 4 nitrogen and oxygen atoms in total. The minimum absolute atomic E-state index is 0.268. The monoisotopic (exact) mass is 228 g/mol. The van der Waals surface area contributed by atoms with Crippen LogP contribution in [0, 0.1) is 5.92 Å². The van der Waals surface area contributed by atoms with Gasteiger partial charge in [-0.2, -0.15) is 0 Å². The zero-order valence-corrected chi connectivity index (χ0v) is 10.6. The van der Waals surface area contributed by atoms with E-state index in [0.717, 1.165) is 12.8 Å². The Balaban J connectivity index is 2.32. The molecule has 0 bridgehead atoms. The molecule has 0 aromatic carbocycles. The third-order valence-corrected chi connectivity index (χ3v) is 2.84. The molecular weight excluding hydrogens is 204 g/mol. The fraction of sp³-hybridized carbons (Fsp3) is 0.917. The number of amides is 1. The molecule has 0 radical (unpaired) electrons. The Morgan fingerprint density at radius 1 is 1.31 bits per heavy atom. The van der Waals surface area contributed by atoms with Crippen LogP contribution in [0.5, 0.6) is 0 Å². The fourth-order valence-corrected chi connectivity index (χ4v) is 2.05. The highest BCUT2D eigenvalue weighted by Crippen LogP contribution is 2.24. The van der Waals surface area contributed by atoms with Crippen LogP contribution in [0.4, 0.5) is 4.79 Å². The van der Waals surface area contributed by atoms with Gasteiger partial charge in [0.15, 0.2) is 0 Å². The van der Waals surface area contributed by atoms with Gasteiger partial charge in [0.1, 0.15) is 5.60 Å². The third kappa shape index (κ3) is 4.84. The number of nitrogens with one attached hydrogen (secondary N) is 1. The second kappa shape index (κ2) is 5.53. The van der Waals surface area contributed by atoms with Crippen molar-refractivity contribution in [2.45, 2.75) is 64.6 Å². The van der Waals surface area contributed by atoms with Crippen LogP contribution in [0.3, 0.4) is 0 Å². The summed E-state index contributed by atoms with van der Waals surface area (Å²) in [4.78, 5) is 11.5. The Labute approximate surface area is 97.9 Å². The fourth-order valence-electron chi connectivity index (χ4n) is 2.05. The summed E-state index contributed by atoms with van der Waals surface area (Å²) in [5.41, 5.74) is 5.49. The van der Waals surface area contributed by atoms with Crippen LogP contribution < -0.4 is 11.1 Å². The van der Waals surface area contributed by atoms with E-state index in [0.29, 0.717) is 5.92 Å². The van der Waals surface area contributed by atoms with Crippen molar-refractivity contribution in [1.82, 2.24) is 5.32 Å². The summed E-state index contributed by atoms with van der Waals surface area (Å²) in [5.74, 6) is 0.404. The van der Waals surface area contributed by atoms with E-state index in [2.05, 4.69) is 5.32 Å². The second-order valence-electron chi connectivity index (χ2n) is 5.57. The summed E-state index contributed by atoms with van der Waals surface area (Å²) in [5, 5.41) is 2.72. The highest BCUT2D eigenvalue weighted by Gasteiger charge is 2.24. The zero-order chi connectivity index (χ0) is 12.2. The number of nitrogens with two attached hydrogens (primary N) is 1. The van der Waals surface area contributed by atoms with Gasteiger partial charge in [-0.15, -0.1) is 0 Å². The molecule has 0 heterocycles. The normalized spacial score (nSPS) is 20.2. The van der Waals surface area contributed by atoms with Gasteiger partial charge in [-0.05, 0) is 39.5 Å². The summed E-state index contributed by atoms with van der Waals surface area (Å²) < 4.78 is 5.17. The van der Waals surface area contributed by atoms with E-state index in [4.69, 9.17) is 10.5 Å². The van der Waals surface area contributed by atoms with Gasteiger partial charge < -0.3 is 15.8 Å². The van der Waals surface area contributed by atoms with E-state index in [9.17, 15) is 4.79 Å². The van der Waals surface area contributed by atoms with Gasteiger partial charge in [-0.25, -0.2) is 4.79 Å². The van der Waals surface area contributed by atoms with Crippen molar-refractivity contribution < 1.29 is 9.53 Å². The first-order valence-electron chi connectivity index (χ1n) is 6.13. The molecule has 0 aromatic heterocycles. The van der Waals surface area contributed by atoms with Gasteiger partial charge in [-0.1, -0.05) is 19.3 Å². The largest absolute Gasteiger partial charge is 0.444 e. The van der Waals surface area contributed by atoms with Gasteiger partial charge in [0.2, 0.25) is 0 Å². The number of carbonyl (C=O) groups is 1. The van der Waals surface area contributed by atoms with E-state index in [1.54, 1.807) is 0 Å². The predicted molar refractivity (Wildman–Crippen MR) is 63.9 cm³/mol. The van der Waals surface area contributed by atoms with Crippen molar-refractivity contribution in [1.29, 1.82) is 0 Å². The first-order chi connectivity index (χ1) is 7.38. The van der Waals surface area contributed by atoms with Crippen molar-refractivity contribution in [2.24, 2.45) is 11.7 Å². The molecule has 1 atom stereocenters. The lowest BCUT2D eigenvalue weighted by Crippen LogP contribution is -2.48. The van der Waals surface area contributed by atoms with Gasteiger partial charge in [-0.3, -0.25) is 0 Å². The second-order valence-corrected chi connectivity index (χ2v) is 5.57. The average molecular weight is 228 g/mol.